The minimum atomic E-state index is -3.80. The number of ether oxygens (including phenoxy) is 1. The largest absolute Gasteiger partial charge is 0.497 e. The number of hydrogen-bond donors (Lipinski definition) is 3. The Balaban J connectivity index is 2.60. The molecule has 38 heavy (non-hydrogen) atoms. The van der Waals surface area contributed by atoms with E-state index in [1.807, 2.05) is 52.2 Å². The normalized spacial score (nSPS) is 12.8. The molecule has 0 fully saturated rings. The third kappa shape index (κ3) is 10.3. The maximum Gasteiger partial charge on any atom is 0.309 e. The Morgan fingerprint density at radius 2 is 1.47 bits per heavy atom. The first-order chi connectivity index (χ1) is 17.9. The molecule has 11 heteroatoms. The number of carbonyl (C=O) groups is 2. The zero-order valence-electron chi connectivity index (χ0n) is 23.8. The van der Waals surface area contributed by atoms with Crippen LogP contribution in [0.15, 0.2) is 52.6 Å². The summed E-state index contributed by atoms with van der Waals surface area (Å²) < 4.78 is 32.5. The molecule has 3 N–H and O–H groups in total. The highest BCUT2D eigenvalue weighted by atomic mass is 32.2. The van der Waals surface area contributed by atoms with Gasteiger partial charge in [0.25, 0.3) is 0 Å². The van der Waals surface area contributed by atoms with Gasteiger partial charge in [0.15, 0.2) is 0 Å². The maximum absolute atomic E-state index is 13.1. The SMILES string of the molecule is C\C=C(/C=C\C(=C/C)NCCN(C)C)CNC(=O)C(=O)NCCN(C)S(=O)(=O)c1c(C)cc(OC)cc1C. The van der Waals surface area contributed by atoms with Gasteiger partial charge < -0.3 is 25.6 Å². The molecule has 10 nitrogen and oxygen atoms in total. The van der Waals surface area contributed by atoms with Crippen LogP contribution in [-0.2, 0) is 19.6 Å². The summed E-state index contributed by atoms with van der Waals surface area (Å²) in [6, 6.07) is 3.32. The Morgan fingerprint density at radius 1 is 0.895 bits per heavy atom. The minimum Gasteiger partial charge on any atom is -0.497 e. The highest BCUT2D eigenvalue weighted by Crippen LogP contribution is 2.27. The number of hydrogen-bond acceptors (Lipinski definition) is 7. The highest BCUT2D eigenvalue weighted by Gasteiger charge is 2.25. The van der Waals surface area contributed by atoms with E-state index >= 15 is 0 Å². The van der Waals surface area contributed by atoms with E-state index in [1.165, 1.54) is 14.2 Å². The molecule has 0 heterocycles. The standard InChI is InChI=1S/C27H43N5O5S/c1-9-22(11-12-23(10-2)28-13-15-31(5)6)19-30-27(34)26(33)29-14-16-32(7)38(35,36)25-20(3)17-24(37-8)18-21(25)4/h9-12,17-18,28H,13-16,19H2,1-8H3,(H,29,33)(H,30,34)/b12-11-,22-9+,23-10+. The van der Waals surface area contributed by atoms with E-state index in [2.05, 4.69) is 20.9 Å². The molecule has 0 aliphatic heterocycles. The number of amides is 2. The Hall–Kier alpha value is -3.15. The summed E-state index contributed by atoms with van der Waals surface area (Å²) in [4.78, 5) is 26.8. The van der Waals surface area contributed by atoms with Crippen molar-refractivity contribution in [3.8, 4) is 5.75 Å². The lowest BCUT2D eigenvalue weighted by Crippen LogP contribution is -2.43. The number of carbonyl (C=O) groups excluding carboxylic acids is 2. The molecule has 1 rings (SSSR count). The van der Waals surface area contributed by atoms with Crippen molar-refractivity contribution >= 4 is 21.8 Å². The van der Waals surface area contributed by atoms with Crippen LogP contribution in [0.4, 0.5) is 0 Å². The molecular weight excluding hydrogens is 506 g/mol. The quantitative estimate of drug-likeness (QED) is 0.239. The first kappa shape index (κ1) is 32.9. The van der Waals surface area contributed by atoms with Crippen molar-refractivity contribution in [2.45, 2.75) is 32.6 Å². The predicted molar refractivity (Wildman–Crippen MR) is 152 cm³/mol. The topological polar surface area (TPSA) is 120 Å². The van der Waals surface area contributed by atoms with E-state index < -0.39 is 21.8 Å². The van der Waals surface area contributed by atoms with Gasteiger partial charge in [0.2, 0.25) is 10.0 Å². The van der Waals surface area contributed by atoms with Crippen molar-refractivity contribution in [3.05, 3.63) is 58.8 Å². The molecule has 0 spiro atoms. The number of allylic oxidation sites excluding steroid dienone is 3. The average molecular weight is 550 g/mol. The fourth-order valence-electron chi connectivity index (χ4n) is 3.52. The second-order valence-corrected chi connectivity index (χ2v) is 11.0. The van der Waals surface area contributed by atoms with E-state index in [9.17, 15) is 18.0 Å². The van der Waals surface area contributed by atoms with Crippen LogP contribution in [0.2, 0.25) is 0 Å². The van der Waals surface area contributed by atoms with Crippen LogP contribution in [0, 0.1) is 13.8 Å². The molecular formula is C27H43N5O5S. The van der Waals surface area contributed by atoms with E-state index in [1.54, 1.807) is 26.0 Å². The van der Waals surface area contributed by atoms with Gasteiger partial charge in [0.1, 0.15) is 5.75 Å². The van der Waals surface area contributed by atoms with Crippen molar-refractivity contribution < 1.29 is 22.7 Å². The number of methoxy groups -OCH3 is 1. The van der Waals surface area contributed by atoms with E-state index in [0.29, 0.717) is 16.9 Å². The number of sulfonamides is 1. The van der Waals surface area contributed by atoms with Crippen LogP contribution < -0.4 is 20.7 Å². The van der Waals surface area contributed by atoms with Crippen molar-refractivity contribution in [2.75, 3.05) is 61.0 Å². The van der Waals surface area contributed by atoms with Gasteiger partial charge in [0, 0.05) is 45.5 Å². The lowest BCUT2D eigenvalue weighted by molar-refractivity contribution is -0.139. The van der Waals surface area contributed by atoms with Gasteiger partial charge in [-0.15, -0.1) is 0 Å². The fraction of sp³-hybridized carbons (Fsp3) is 0.481. The van der Waals surface area contributed by atoms with Crippen molar-refractivity contribution in [3.63, 3.8) is 0 Å². The molecule has 0 aromatic heterocycles. The lowest BCUT2D eigenvalue weighted by Gasteiger charge is -2.20. The van der Waals surface area contributed by atoms with Gasteiger partial charge >= 0.3 is 11.8 Å². The van der Waals surface area contributed by atoms with Gasteiger partial charge in [-0.25, -0.2) is 8.42 Å². The molecule has 1 aromatic carbocycles. The van der Waals surface area contributed by atoms with Crippen LogP contribution in [-0.4, -0.2) is 90.4 Å². The van der Waals surface area contributed by atoms with E-state index in [4.69, 9.17) is 4.74 Å². The Kier molecular flexibility index (Phi) is 13.8. The van der Waals surface area contributed by atoms with Crippen LogP contribution >= 0.6 is 0 Å². The number of rotatable bonds is 14. The highest BCUT2D eigenvalue weighted by molar-refractivity contribution is 7.89. The summed E-state index contributed by atoms with van der Waals surface area (Å²) in [5, 5.41) is 8.40. The number of nitrogens with one attached hydrogen (secondary N) is 3. The first-order valence-electron chi connectivity index (χ1n) is 12.4. The number of nitrogens with zero attached hydrogens (tertiary/aromatic N) is 2. The van der Waals surface area contributed by atoms with Crippen molar-refractivity contribution in [1.29, 1.82) is 0 Å². The first-order valence-corrected chi connectivity index (χ1v) is 13.9. The van der Waals surface area contributed by atoms with E-state index in [0.717, 1.165) is 28.7 Å². The number of aryl methyl sites for hydroxylation is 2. The maximum atomic E-state index is 13.1. The van der Waals surface area contributed by atoms with E-state index in [-0.39, 0.29) is 24.5 Å². The van der Waals surface area contributed by atoms with Crippen molar-refractivity contribution in [1.82, 2.24) is 25.2 Å². The summed E-state index contributed by atoms with van der Waals surface area (Å²) in [6.45, 7) is 9.06. The number of benzene rings is 1. The van der Waals surface area contributed by atoms with Crippen LogP contribution in [0.5, 0.6) is 5.75 Å². The summed E-state index contributed by atoms with van der Waals surface area (Å²) in [5.41, 5.74) is 2.92. The molecule has 0 radical (unpaired) electrons. The molecule has 0 saturated carbocycles. The summed E-state index contributed by atoms with van der Waals surface area (Å²) in [7, 11) is 3.18. The van der Waals surface area contributed by atoms with Gasteiger partial charge in [-0.05, 0) is 76.7 Å². The zero-order valence-corrected chi connectivity index (χ0v) is 24.7. The van der Waals surface area contributed by atoms with Gasteiger partial charge in [-0.3, -0.25) is 9.59 Å². The molecule has 1 aromatic rings. The third-order valence-corrected chi connectivity index (χ3v) is 7.92. The van der Waals surface area contributed by atoms with Gasteiger partial charge in [-0.1, -0.05) is 18.2 Å². The third-order valence-electron chi connectivity index (χ3n) is 5.76. The second-order valence-electron chi connectivity index (χ2n) is 9.03. The van der Waals surface area contributed by atoms with Crippen LogP contribution in [0.25, 0.3) is 0 Å². The summed E-state index contributed by atoms with van der Waals surface area (Å²) in [5.74, 6) is -1.04. The van der Waals surface area contributed by atoms with Crippen LogP contribution in [0.1, 0.15) is 25.0 Å². The summed E-state index contributed by atoms with van der Waals surface area (Å²) in [6.07, 6.45) is 7.60. The van der Waals surface area contributed by atoms with Gasteiger partial charge in [-0.2, -0.15) is 4.31 Å². The Bertz CT molecular complexity index is 1130. The molecule has 0 bridgehead atoms. The molecule has 212 valence electrons. The monoisotopic (exact) mass is 549 g/mol. The molecule has 0 atom stereocenters. The molecule has 2 amide bonds. The Labute approximate surface area is 227 Å². The number of likely N-dealkylation sites (N-methyl/N-ethyl adjacent to an activating group) is 2. The zero-order chi connectivity index (χ0) is 28.9. The molecule has 0 aliphatic rings. The molecule has 0 saturated heterocycles. The lowest BCUT2D eigenvalue weighted by atomic mass is 10.1. The summed E-state index contributed by atoms with van der Waals surface area (Å²) >= 11 is 0. The van der Waals surface area contributed by atoms with Crippen molar-refractivity contribution in [2.24, 2.45) is 0 Å². The predicted octanol–water partition coefficient (Wildman–Crippen LogP) is 1.72. The minimum absolute atomic E-state index is 0.00205. The fourth-order valence-corrected chi connectivity index (χ4v) is 5.09. The molecule has 0 unspecified atom stereocenters. The Morgan fingerprint density at radius 3 is 2.00 bits per heavy atom. The smallest absolute Gasteiger partial charge is 0.309 e. The second kappa shape index (κ2) is 16.0. The van der Waals surface area contributed by atoms with Gasteiger partial charge in [0.05, 0.1) is 12.0 Å². The molecule has 0 aliphatic carbocycles. The van der Waals surface area contributed by atoms with Crippen LogP contribution in [0.3, 0.4) is 0 Å². The average Bonchev–Trinajstić information content (AvgIpc) is 2.86.